The predicted octanol–water partition coefficient (Wildman–Crippen LogP) is 2.57. The molecule has 2 aromatic heterocycles. The first-order valence-corrected chi connectivity index (χ1v) is 7.90. The van der Waals surface area contributed by atoms with Crippen LogP contribution in [-0.2, 0) is 0 Å². The third kappa shape index (κ3) is 2.38. The molecule has 1 N–H and O–H groups in total. The third-order valence-corrected chi connectivity index (χ3v) is 4.39. The smallest absolute Gasteiger partial charge is 0.248 e. The van der Waals surface area contributed by atoms with Crippen LogP contribution in [0.25, 0.3) is 10.8 Å². The highest BCUT2D eigenvalue weighted by atomic mass is 32.1. The lowest BCUT2D eigenvalue weighted by Crippen LogP contribution is -2.24. The maximum Gasteiger partial charge on any atom is 0.248 e. The molecule has 0 aliphatic carbocycles. The van der Waals surface area contributed by atoms with Crippen LogP contribution in [0, 0.1) is 6.92 Å². The third-order valence-electron chi connectivity index (χ3n) is 3.44. The van der Waals surface area contributed by atoms with Crippen molar-refractivity contribution in [3.05, 3.63) is 46.8 Å². The fourth-order valence-electron chi connectivity index (χ4n) is 2.44. The van der Waals surface area contributed by atoms with E-state index in [9.17, 15) is 0 Å². The highest BCUT2D eigenvalue weighted by molar-refractivity contribution is 7.13. The summed E-state index contributed by atoms with van der Waals surface area (Å²) in [7, 11) is 0. The Morgan fingerprint density at radius 2 is 2.18 bits per heavy atom. The topological polar surface area (TPSA) is 73.1 Å². The Labute approximate surface area is 131 Å². The molecule has 3 aromatic rings. The largest absolute Gasteiger partial charge is 0.492 e. The lowest BCUT2D eigenvalue weighted by Gasteiger charge is -2.12. The van der Waals surface area contributed by atoms with Crippen LogP contribution < -0.4 is 10.1 Å². The van der Waals surface area contributed by atoms with Crippen molar-refractivity contribution in [3.63, 3.8) is 0 Å². The number of thiazole rings is 1. The average Bonchev–Trinajstić information content (AvgIpc) is 3.12. The van der Waals surface area contributed by atoms with Gasteiger partial charge in [-0.1, -0.05) is 23.4 Å². The van der Waals surface area contributed by atoms with Crippen LogP contribution in [-0.4, -0.2) is 28.3 Å². The monoisotopic (exact) mass is 314 g/mol. The summed E-state index contributed by atoms with van der Waals surface area (Å²) < 4.78 is 11.2. The van der Waals surface area contributed by atoms with Crippen LogP contribution >= 0.6 is 11.3 Å². The molecule has 0 radical (unpaired) electrons. The Morgan fingerprint density at radius 1 is 1.27 bits per heavy atom. The van der Waals surface area contributed by atoms with Gasteiger partial charge in [0.05, 0.1) is 0 Å². The van der Waals surface area contributed by atoms with Gasteiger partial charge in [-0.2, -0.15) is 4.98 Å². The van der Waals surface area contributed by atoms with Gasteiger partial charge in [-0.05, 0) is 13.0 Å². The Morgan fingerprint density at radius 3 is 3.05 bits per heavy atom. The summed E-state index contributed by atoms with van der Waals surface area (Å²) in [4.78, 5) is 8.90. The minimum atomic E-state index is -0.166. The fourth-order valence-corrected chi connectivity index (χ4v) is 3.16. The van der Waals surface area contributed by atoms with Crippen molar-refractivity contribution >= 4 is 11.3 Å². The van der Waals surface area contributed by atoms with E-state index < -0.39 is 0 Å². The van der Waals surface area contributed by atoms with Gasteiger partial charge in [0.15, 0.2) is 5.01 Å². The summed E-state index contributed by atoms with van der Waals surface area (Å²) in [5, 5.41) is 10.2. The second-order valence-corrected chi connectivity index (χ2v) is 5.88. The molecular weight excluding hydrogens is 300 g/mol. The minimum absolute atomic E-state index is 0.166. The van der Waals surface area contributed by atoms with E-state index in [0.717, 1.165) is 22.0 Å². The molecule has 3 heterocycles. The van der Waals surface area contributed by atoms with Gasteiger partial charge >= 0.3 is 0 Å². The van der Waals surface area contributed by atoms with Crippen LogP contribution in [0.2, 0.25) is 0 Å². The molecular formula is C15H14N4O2S. The van der Waals surface area contributed by atoms with Gasteiger partial charge in [-0.3, -0.25) is 5.32 Å². The molecule has 22 heavy (non-hydrogen) atoms. The van der Waals surface area contributed by atoms with E-state index in [2.05, 4.69) is 20.4 Å². The maximum atomic E-state index is 5.73. The molecule has 1 atom stereocenters. The van der Waals surface area contributed by atoms with Crippen molar-refractivity contribution < 1.29 is 9.26 Å². The van der Waals surface area contributed by atoms with Crippen LogP contribution in [0.15, 0.2) is 34.2 Å². The lowest BCUT2D eigenvalue weighted by atomic mass is 10.1. The van der Waals surface area contributed by atoms with Gasteiger partial charge in [-0.25, -0.2) is 4.98 Å². The maximum absolute atomic E-state index is 5.73. The Balaban J connectivity index is 1.71. The molecule has 0 fully saturated rings. The summed E-state index contributed by atoms with van der Waals surface area (Å²) >= 11 is 1.51. The number of fused-ring (bicyclic) bond motifs is 1. The molecule has 112 valence electrons. The van der Waals surface area contributed by atoms with Crippen molar-refractivity contribution in [1.29, 1.82) is 0 Å². The predicted molar refractivity (Wildman–Crippen MR) is 81.9 cm³/mol. The molecule has 0 saturated heterocycles. The van der Waals surface area contributed by atoms with Crippen molar-refractivity contribution in [3.8, 4) is 16.6 Å². The molecule has 0 bridgehead atoms. The van der Waals surface area contributed by atoms with Crippen molar-refractivity contribution in [2.24, 2.45) is 0 Å². The number of nitrogens with zero attached hydrogens (tertiary/aromatic N) is 3. The minimum Gasteiger partial charge on any atom is -0.492 e. The summed E-state index contributed by atoms with van der Waals surface area (Å²) in [5.74, 6) is 1.90. The number of rotatable bonds is 2. The number of aryl methyl sites for hydroxylation is 1. The van der Waals surface area contributed by atoms with Crippen LogP contribution in [0.3, 0.4) is 0 Å². The molecule has 0 spiro atoms. The van der Waals surface area contributed by atoms with E-state index in [1.807, 2.05) is 36.6 Å². The first-order chi connectivity index (χ1) is 10.8. The quantitative estimate of drug-likeness (QED) is 0.784. The summed E-state index contributed by atoms with van der Waals surface area (Å²) in [6, 6.07) is 7.73. The fraction of sp³-hybridized carbons (Fsp3) is 0.267. The van der Waals surface area contributed by atoms with E-state index in [1.54, 1.807) is 0 Å². The van der Waals surface area contributed by atoms with E-state index in [-0.39, 0.29) is 6.04 Å². The first-order valence-electron chi connectivity index (χ1n) is 7.02. The van der Waals surface area contributed by atoms with Crippen LogP contribution in [0.1, 0.15) is 23.2 Å². The van der Waals surface area contributed by atoms with Crippen molar-refractivity contribution in [2.45, 2.75) is 13.0 Å². The van der Waals surface area contributed by atoms with E-state index in [4.69, 9.17) is 9.26 Å². The molecule has 7 heteroatoms. The second kappa shape index (κ2) is 5.51. The Kier molecular flexibility index (Phi) is 3.36. The number of hydrogen-bond donors (Lipinski definition) is 1. The molecule has 1 unspecified atom stereocenters. The van der Waals surface area contributed by atoms with Gasteiger partial charge in [0.1, 0.15) is 18.4 Å². The van der Waals surface area contributed by atoms with Crippen LogP contribution in [0.5, 0.6) is 5.75 Å². The summed E-state index contributed by atoms with van der Waals surface area (Å²) in [6.07, 6.45) is 0. The number of nitrogens with one attached hydrogen (secondary N) is 1. The molecule has 1 aliphatic heterocycles. The number of ether oxygens (including phenoxy) is 1. The second-order valence-electron chi connectivity index (χ2n) is 5.02. The SMILES string of the molecule is Cc1csc(-c2noc(C3NCCOc4ccccc43)n2)n1. The Hall–Kier alpha value is -2.25. The lowest BCUT2D eigenvalue weighted by molar-refractivity contribution is 0.320. The molecule has 1 aromatic carbocycles. The molecule has 0 amide bonds. The zero-order chi connectivity index (χ0) is 14.9. The van der Waals surface area contributed by atoms with Crippen molar-refractivity contribution in [1.82, 2.24) is 20.4 Å². The molecule has 0 saturated carbocycles. The normalized spacial score (nSPS) is 17.6. The van der Waals surface area contributed by atoms with Gasteiger partial charge in [0, 0.05) is 23.2 Å². The van der Waals surface area contributed by atoms with Crippen LogP contribution in [0.4, 0.5) is 0 Å². The zero-order valence-corrected chi connectivity index (χ0v) is 12.8. The highest BCUT2D eigenvalue weighted by Gasteiger charge is 2.26. The van der Waals surface area contributed by atoms with Gasteiger partial charge in [0.2, 0.25) is 11.7 Å². The van der Waals surface area contributed by atoms with E-state index >= 15 is 0 Å². The number of benzene rings is 1. The summed E-state index contributed by atoms with van der Waals surface area (Å²) in [6.45, 7) is 3.27. The number of aromatic nitrogens is 3. The van der Waals surface area contributed by atoms with E-state index in [0.29, 0.717) is 24.9 Å². The summed E-state index contributed by atoms with van der Waals surface area (Å²) in [5.41, 5.74) is 1.96. The molecule has 4 rings (SSSR count). The van der Waals surface area contributed by atoms with Gasteiger partial charge in [0.25, 0.3) is 0 Å². The Bertz CT molecular complexity index is 798. The average molecular weight is 314 g/mol. The number of hydrogen-bond acceptors (Lipinski definition) is 7. The highest BCUT2D eigenvalue weighted by Crippen LogP contribution is 2.32. The first kappa shape index (κ1) is 13.4. The van der Waals surface area contributed by atoms with Gasteiger partial charge in [-0.15, -0.1) is 11.3 Å². The number of para-hydroxylation sites is 1. The molecule has 6 nitrogen and oxygen atoms in total. The van der Waals surface area contributed by atoms with Gasteiger partial charge < -0.3 is 9.26 Å². The standard InChI is InChI=1S/C15H14N4O2S/c1-9-8-22-15(17-9)13-18-14(21-19-13)12-10-4-2-3-5-11(10)20-7-6-16-12/h2-5,8,12,16H,6-7H2,1H3. The van der Waals surface area contributed by atoms with E-state index in [1.165, 1.54) is 11.3 Å². The van der Waals surface area contributed by atoms with Crippen molar-refractivity contribution in [2.75, 3.05) is 13.2 Å². The zero-order valence-electron chi connectivity index (χ0n) is 11.9. The molecule has 1 aliphatic rings.